The molecular weight excluding hydrogens is 457 g/mol. The smallest absolute Gasteiger partial charge is 0.251 e. The number of methoxy groups -OCH3 is 1. The lowest BCUT2D eigenvalue weighted by atomic mass is 10.1. The zero-order chi connectivity index (χ0) is 22.8. The van der Waals surface area contributed by atoms with Gasteiger partial charge in [-0.15, -0.1) is 0 Å². The largest absolute Gasteiger partial charge is 0.497 e. The zero-order valence-corrected chi connectivity index (χ0v) is 18.0. The number of amides is 1. The first-order valence-electron chi connectivity index (χ1n) is 9.29. The molecule has 0 saturated carbocycles. The van der Waals surface area contributed by atoms with Crippen LogP contribution >= 0.6 is 11.6 Å². The predicted molar refractivity (Wildman–Crippen MR) is 108 cm³/mol. The number of benzene rings is 2. The van der Waals surface area contributed by atoms with E-state index in [4.69, 9.17) is 16.3 Å². The minimum absolute atomic E-state index is 0.0984. The van der Waals surface area contributed by atoms with Crippen LogP contribution in [0.25, 0.3) is 0 Å². The van der Waals surface area contributed by atoms with Gasteiger partial charge >= 0.3 is 0 Å². The van der Waals surface area contributed by atoms with Crippen molar-refractivity contribution < 1.29 is 31.1 Å². The Morgan fingerprint density at radius 1 is 1.23 bits per heavy atom. The van der Waals surface area contributed by atoms with Crippen molar-refractivity contribution in [2.24, 2.45) is 0 Å². The molecule has 0 radical (unpaired) electrons. The molecule has 1 unspecified atom stereocenters. The summed E-state index contributed by atoms with van der Waals surface area (Å²) in [6.07, 6.45) is -1.65. The fourth-order valence-corrected chi connectivity index (χ4v) is 4.94. The highest BCUT2D eigenvalue weighted by atomic mass is 35.5. The third-order valence-electron chi connectivity index (χ3n) is 4.94. The van der Waals surface area contributed by atoms with E-state index in [0.29, 0.717) is 4.31 Å². The normalized spacial score (nSPS) is 19.0. The number of carbonyl (C=O) groups excluding carboxylic acids is 1. The molecule has 1 N–H and O–H groups in total. The van der Waals surface area contributed by atoms with Crippen LogP contribution in [0.1, 0.15) is 18.4 Å². The maximum atomic E-state index is 14.6. The van der Waals surface area contributed by atoms with Crippen molar-refractivity contribution in [1.29, 1.82) is 0 Å². The first kappa shape index (κ1) is 23.4. The summed E-state index contributed by atoms with van der Waals surface area (Å²) in [5, 5.41) is 2.59. The van der Waals surface area contributed by atoms with Gasteiger partial charge in [0.1, 0.15) is 17.6 Å². The first-order chi connectivity index (χ1) is 14.5. The Balaban J connectivity index is 2.09. The van der Waals surface area contributed by atoms with Gasteiger partial charge in [-0.05, 0) is 30.3 Å². The molecule has 6 nitrogen and oxygen atoms in total. The molecule has 2 aromatic rings. The summed E-state index contributed by atoms with van der Waals surface area (Å²) >= 11 is 5.82. The highest BCUT2D eigenvalue weighted by Gasteiger charge is 2.45. The molecular formula is C20H20ClF3N2O4S. The number of hydrogen-bond donors (Lipinski definition) is 1. The van der Waals surface area contributed by atoms with Gasteiger partial charge in [-0.2, -0.15) is 4.31 Å². The fraction of sp³-hybridized carbons (Fsp3) is 0.350. The molecule has 1 aliphatic rings. The summed E-state index contributed by atoms with van der Waals surface area (Å²) in [5.74, 6) is -4.75. The van der Waals surface area contributed by atoms with Gasteiger partial charge in [0, 0.05) is 42.6 Å². The van der Waals surface area contributed by atoms with Crippen molar-refractivity contribution >= 4 is 27.5 Å². The molecule has 1 atom stereocenters. The van der Waals surface area contributed by atoms with Crippen LogP contribution in [0.4, 0.5) is 13.2 Å². The van der Waals surface area contributed by atoms with Gasteiger partial charge < -0.3 is 10.1 Å². The summed E-state index contributed by atoms with van der Waals surface area (Å²) in [5.41, 5.74) is -0.0984. The Bertz CT molecular complexity index is 1060. The molecule has 1 fully saturated rings. The van der Waals surface area contributed by atoms with E-state index in [0.717, 1.165) is 6.07 Å². The lowest BCUT2D eigenvalue weighted by molar-refractivity contribution is -0.126. The van der Waals surface area contributed by atoms with Crippen molar-refractivity contribution in [3.8, 4) is 5.75 Å². The van der Waals surface area contributed by atoms with Crippen LogP contribution in [-0.4, -0.2) is 44.2 Å². The Morgan fingerprint density at radius 2 is 1.90 bits per heavy atom. The highest BCUT2D eigenvalue weighted by Crippen LogP contribution is 2.33. The molecule has 2 aromatic carbocycles. The van der Waals surface area contributed by atoms with Crippen molar-refractivity contribution in [3.63, 3.8) is 0 Å². The van der Waals surface area contributed by atoms with Crippen LogP contribution < -0.4 is 10.1 Å². The second kappa shape index (κ2) is 9.05. The molecule has 3 rings (SSSR count). The number of sulfonamides is 1. The molecule has 1 saturated heterocycles. The van der Waals surface area contributed by atoms with Crippen LogP contribution in [0.2, 0.25) is 5.02 Å². The standard InChI is InChI=1S/C20H20ClF3N2O4S/c1-30-15-5-2-13(17(22)10-15)12-26(18-11-20(23,24)8-9-25-19(18)27)31(28,29)16-6-3-14(21)4-7-16/h2-7,10,18H,8-9,11-12H2,1H3,(H,25,27). The molecule has 11 heteroatoms. The van der Waals surface area contributed by atoms with E-state index in [2.05, 4.69) is 5.32 Å². The van der Waals surface area contributed by atoms with Crippen LogP contribution in [0.5, 0.6) is 5.75 Å². The predicted octanol–water partition coefficient (Wildman–Crippen LogP) is 3.59. The molecule has 1 amide bonds. The average Bonchev–Trinajstić information content (AvgIpc) is 2.84. The Hall–Kier alpha value is -2.30. The maximum absolute atomic E-state index is 14.6. The SMILES string of the molecule is COc1ccc(CN(C2CC(F)(F)CCNC2=O)S(=O)(=O)c2ccc(Cl)cc2)c(F)c1. The molecule has 0 spiro atoms. The van der Waals surface area contributed by atoms with Crippen molar-refractivity contribution in [3.05, 3.63) is 58.9 Å². The van der Waals surface area contributed by atoms with Crippen molar-refractivity contribution in [2.75, 3.05) is 13.7 Å². The van der Waals surface area contributed by atoms with Crippen LogP contribution in [-0.2, 0) is 21.4 Å². The van der Waals surface area contributed by atoms with Gasteiger partial charge in [0.05, 0.1) is 12.0 Å². The molecule has 0 aromatic heterocycles. The summed E-state index contributed by atoms with van der Waals surface area (Å²) in [6.45, 7) is -0.928. The van der Waals surface area contributed by atoms with E-state index in [9.17, 15) is 26.4 Å². The minimum atomic E-state index is -4.46. The van der Waals surface area contributed by atoms with Gasteiger partial charge in [-0.1, -0.05) is 17.7 Å². The summed E-state index contributed by atoms with van der Waals surface area (Å²) in [6, 6.07) is 7.04. The summed E-state index contributed by atoms with van der Waals surface area (Å²) in [4.78, 5) is 12.3. The third-order valence-corrected chi connectivity index (χ3v) is 7.06. The maximum Gasteiger partial charge on any atom is 0.251 e. The molecule has 0 bridgehead atoms. The topological polar surface area (TPSA) is 75.7 Å². The third kappa shape index (κ3) is 5.31. The number of nitrogens with one attached hydrogen (secondary N) is 1. The van der Waals surface area contributed by atoms with Gasteiger partial charge in [-0.3, -0.25) is 4.79 Å². The van der Waals surface area contributed by atoms with Gasteiger partial charge in [0.25, 0.3) is 5.92 Å². The zero-order valence-electron chi connectivity index (χ0n) is 16.4. The average molecular weight is 477 g/mol. The second-order valence-electron chi connectivity index (χ2n) is 7.08. The Morgan fingerprint density at radius 3 is 2.52 bits per heavy atom. The quantitative estimate of drug-likeness (QED) is 0.691. The monoisotopic (exact) mass is 476 g/mol. The first-order valence-corrected chi connectivity index (χ1v) is 11.1. The highest BCUT2D eigenvalue weighted by molar-refractivity contribution is 7.89. The number of alkyl halides is 2. The molecule has 0 aliphatic carbocycles. The fourth-order valence-electron chi connectivity index (χ4n) is 3.25. The number of ether oxygens (including phenoxy) is 1. The summed E-state index contributed by atoms with van der Waals surface area (Å²) < 4.78 is 75.4. The summed E-state index contributed by atoms with van der Waals surface area (Å²) in [7, 11) is -3.13. The van der Waals surface area contributed by atoms with E-state index in [1.54, 1.807) is 0 Å². The van der Waals surface area contributed by atoms with Crippen molar-refractivity contribution in [2.45, 2.75) is 36.2 Å². The lowest BCUT2D eigenvalue weighted by Crippen LogP contribution is -2.49. The van der Waals surface area contributed by atoms with Crippen LogP contribution in [0.15, 0.2) is 47.4 Å². The number of rotatable bonds is 6. The molecule has 168 valence electrons. The molecule has 31 heavy (non-hydrogen) atoms. The van der Waals surface area contributed by atoms with Gasteiger partial charge in [-0.25, -0.2) is 21.6 Å². The number of nitrogens with zero attached hydrogens (tertiary/aromatic N) is 1. The Kier molecular flexibility index (Phi) is 6.82. The Labute approximate surface area is 183 Å². The van der Waals surface area contributed by atoms with E-state index in [-0.39, 0.29) is 27.8 Å². The second-order valence-corrected chi connectivity index (χ2v) is 9.41. The van der Waals surface area contributed by atoms with E-state index in [1.165, 1.54) is 43.5 Å². The van der Waals surface area contributed by atoms with Crippen molar-refractivity contribution in [1.82, 2.24) is 9.62 Å². The molecule has 1 heterocycles. The number of halogens is 4. The lowest BCUT2D eigenvalue weighted by Gasteiger charge is -2.30. The van der Waals surface area contributed by atoms with E-state index >= 15 is 0 Å². The van der Waals surface area contributed by atoms with Gasteiger partial charge in [0.15, 0.2) is 0 Å². The van der Waals surface area contributed by atoms with Gasteiger partial charge in [0.2, 0.25) is 15.9 Å². The number of hydrogen-bond acceptors (Lipinski definition) is 4. The number of carbonyl (C=O) groups is 1. The van der Waals surface area contributed by atoms with E-state index < -0.39 is 53.1 Å². The van der Waals surface area contributed by atoms with Crippen LogP contribution in [0, 0.1) is 5.82 Å². The van der Waals surface area contributed by atoms with E-state index in [1.807, 2.05) is 0 Å². The minimum Gasteiger partial charge on any atom is -0.497 e. The molecule has 1 aliphatic heterocycles. The van der Waals surface area contributed by atoms with Crippen LogP contribution in [0.3, 0.4) is 0 Å².